The average Bonchev–Trinajstić information content (AvgIpc) is 2.75. The van der Waals surface area contributed by atoms with Crippen LogP contribution in [0.25, 0.3) is 0 Å². The molecule has 1 atom stereocenters. The molecule has 0 spiro atoms. The van der Waals surface area contributed by atoms with Crippen LogP contribution in [0, 0.1) is 0 Å². The van der Waals surface area contributed by atoms with Crippen molar-refractivity contribution in [2.75, 3.05) is 6.54 Å². The van der Waals surface area contributed by atoms with Crippen LogP contribution in [-0.4, -0.2) is 33.7 Å². The first kappa shape index (κ1) is 14.3. The number of halogens is 1. The van der Waals surface area contributed by atoms with Crippen LogP contribution in [-0.2, 0) is 6.54 Å². The van der Waals surface area contributed by atoms with Crippen molar-refractivity contribution in [1.29, 1.82) is 0 Å². The summed E-state index contributed by atoms with van der Waals surface area (Å²) in [5, 5.41) is 9.66. The molecule has 1 aliphatic carbocycles. The van der Waals surface area contributed by atoms with Crippen LogP contribution in [0.3, 0.4) is 0 Å². The highest BCUT2D eigenvalue weighted by Gasteiger charge is 2.22. The van der Waals surface area contributed by atoms with Crippen LogP contribution >= 0.6 is 22.9 Å². The SMILES string of the molecule is CC(O)CN(Cc1cnc(Cl)s1)C1CCCCC1. The van der Waals surface area contributed by atoms with Gasteiger partial charge in [0.05, 0.1) is 6.10 Å². The molecular weight excluding hydrogens is 268 g/mol. The van der Waals surface area contributed by atoms with Crippen molar-refractivity contribution in [2.24, 2.45) is 0 Å². The Morgan fingerprint density at radius 3 is 2.78 bits per heavy atom. The summed E-state index contributed by atoms with van der Waals surface area (Å²) >= 11 is 7.41. The molecule has 102 valence electrons. The number of thiazole rings is 1. The normalized spacial score (nSPS) is 19.3. The van der Waals surface area contributed by atoms with Crippen LogP contribution in [0.1, 0.15) is 43.9 Å². The van der Waals surface area contributed by atoms with Gasteiger partial charge >= 0.3 is 0 Å². The van der Waals surface area contributed by atoms with Crippen molar-refractivity contribution in [3.05, 3.63) is 15.5 Å². The maximum atomic E-state index is 9.66. The maximum absolute atomic E-state index is 9.66. The number of rotatable bonds is 5. The van der Waals surface area contributed by atoms with Gasteiger partial charge < -0.3 is 5.11 Å². The van der Waals surface area contributed by atoms with E-state index < -0.39 is 0 Å². The summed E-state index contributed by atoms with van der Waals surface area (Å²) in [6.07, 6.45) is 8.04. The molecule has 0 saturated heterocycles. The quantitative estimate of drug-likeness (QED) is 0.903. The van der Waals surface area contributed by atoms with E-state index in [1.807, 2.05) is 13.1 Å². The Morgan fingerprint density at radius 1 is 1.50 bits per heavy atom. The highest BCUT2D eigenvalue weighted by Crippen LogP contribution is 2.26. The van der Waals surface area contributed by atoms with E-state index in [0.29, 0.717) is 10.5 Å². The molecule has 0 radical (unpaired) electrons. The molecule has 1 saturated carbocycles. The molecule has 1 unspecified atom stereocenters. The summed E-state index contributed by atoms with van der Waals surface area (Å²) in [5.74, 6) is 0. The zero-order valence-electron chi connectivity index (χ0n) is 10.8. The van der Waals surface area contributed by atoms with Crippen molar-refractivity contribution in [1.82, 2.24) is 9.88 Å². The van der Waals surface area contributed by atoms with Gasteiger partial charge in [0.1, 0.15) is 0 Å². The fourth-order valence-corrected chi connectivity index (χ4v) is 3.69. The molecule has 2 rings (SSSR count). The van der Waals surface area contributed by atoms with E-state index in [1.54, 1.807) is 0 Å². The first-order chi connectivity index (χ1) is 8.65. The summed E-state index contributed by atoms with van der Waals surface area (Å²) in [5.41, 5.74) is 0. The molecule has 1 aromatic rings. The summed E-state index contributed by atoms with van der Waals surface area (Å²) in [4.78, 5) is 7.67. The number of hydrogen-bond acceptors (Lipinski definition) is 4. The minimum absolute atomic E-state index is 0.282. The molecule has 0 amide bonds. The van der Waals surface area contributed by atoms with Crippen molar-refractivity contribution in [2.45, 2.75) is 57.7 Å². The molecular formula is C13H21ClN2OS. The number of aromatic nitrogens is 1. The summed E-state index contributed by atoms with van der Waals surface area (Å²) in [7, 11) is 0. The number of aliphatic hydroxyl groups excluding tert-OH is 1. The predicted octanol–water partition coefficient (Wildman–Crippen LogP) is 3.31. The zero-order valence-corrected chi connectivity index (χ0v) is 12.4. The number of aliphatic hydroxyl groups is 1. The van der Waals surface area contributed by atoms with Crippen LogP contribution < -0.4 is 0 Å². The van der Waals surface area contributed by atoms with Crippen molar-refractivity contribution < 1.29 is 5.11 Å². The van der Waals surface area contributed by atoms with Gasteiger partial charge in [0, 0.05) is 30.2 Å². The summed E-state index contributed by atoms with van der Waals surface area (Å²) in [6.45, 7) is 3.45. The molecule has 1 heterocycles. The van der Waals surface area contributed by atoms with E-state index in [4.69, 9.17) is 11.6 Å². The minimum Gasteiger partial charge on any atom is -0.392 e. The minimum atomic E-state index is -0.282. The lowest BCUT2D eigenvalue weighted by molar-refractivity contribution is 0.0776. The predicted molar refractivity (Wildman–Crippen MR) is 76.1 cm³/mol. The Morgan fingerprint density at radius 2 is 2.22 bits per heavy atom. The molecule has 5 heteroatoms. The van der Waals surface area contributed by atoms with Gasteiger partial charge in [-0.05, 0) is 19.8 Å². The lowest BCUT2D eigenvalue weighted by Crippen LogP contribution is -2.40. The van der Waals surface area contributed by atoms with E-state index in [9.17, 15) is 5.11 Å². The standard InChI is InChI=1S/C13H21ClN2OS/c1-10(17)8-16(11-5-3-2-4-6-11)9-12-7-15-13(14)18-12/h7,10-11,17H,2-6,8-9H2,1H3. The first-order valence-electron chi connectivity index (χ1n) is 6.67. The highest BCUT2D eigenvalue weighted by molar-refractivity contribution is 7.15. The number of hydrogen-bond donors (Lipinski definition) is 1. The number of nitrogens with zero attached hydrogens (tertiary/aromatic N) is 2. The molecule has 0 aromatic carbocycles. The van der Waals surface area contributed by atoms with E-state index in [2.05, 4.69) is 9.88 Å². The van der Waals surface area contributed by atoms with Crippen LogP contribution in [0.5, 0.6) is 0 Å². The topological polar surface area (TPSA) is 36.4 Å². The van der Waals surface area contributed by atoms with Crippen LogP contribution in [0.15, 0.2) is 6.20 Å². The molecule has 1 N–H and O–H groups in total. The Bertz CT molecular complexity index is 364. The largest absolute Gasteiger partial charge is 0.392 e. The van der Waals surface area contributed by atoms with Gasteiger partial charge in [-0.25, -0.2) is 4.98 Å². The monoisotopic (exact) mass is 288 g/mol. The third-order valence-corrected chi connectivity index (χ3v) is 4.57. The van der Waals surface area contributed by atoms with Gasteiger partial charge in [0.2, 0.25) is 0 Å². The Labute approximate surface area is 118 Å². The molecule has 1 fully saturated rings. The second-order valence-electron chi connectivity index (χ2n) is 5.15. The smallest absolute Gasteiger partial charge is 0.183 e. The Hall–Kier alpha value is -0.160. The second kappa shape index (κ2) is 6.85. The van der Waals surface area contributed by atoms with Gasteiger partial charge in [0.15, 0.2) is 4.47 Å². The fraction of sp³-hybridized carbons (Fsp3) is 0.769. The van der Waals surface area contributed by atoms with E-state index in [0.717, 1.165) is 13.1 Å². The lowest BCUT2D eigenvalue weighted by atomic mass is 9.94. The molecule has 18 heavy (non-hydrogen) atoms. The molecule has 3 nitrogen and oxygen atoms in total. The fourth-order valence-electron chi connectivity index (χ4n) is 2.69. The summed E-state index contributed by atoms with van der Waals surface area (Å²) in [6, 6.07) is 0.606. The van der Waals surface area contributed by atoms with E-state index in [-0.39, 0.29) is 6.10 Å². The van der Waals surface area contributed by atoms with Gasteiger partial charge in [-0.1, -0.05) is 30.9 Å². The van der Waals surface area contributed by atoms with Crippen LogP contribution in [0.4, 0.5) is 0 Å². The molecule has 1 aliphatic rings. The molecule has 1 aromatic heterocycles. The third kappa shape index (κ3) is 4.19. The third-order valence-electron chi connectivity index (χ3n) is 3.47. The molecule has 0 bridgehead atoms. The lowest BCUT2D eigenvalue weighted by Gasteiger charge is -2.34. The van der Waals surface area contributed by atoms with Gasteiger partial charge in [-0.3, -0.25) is 4.90 Å². The van der Waals surface area contributed by atoms with Gasteiger partial charge in [-0.2, -0.15) is 0 Å². The second-order valence-corrected chi connectivity index (χ2v) is 6.85. The summed E-state index contributed by atoms with van der Waals surface area (Å²) < 4.78 is 0.602. The molecule has 0 aliphatic heterocycles. The maximum Gasteiger partial charge on any atom is 0.183 e. The Balaban J connectivity index is 1.99. The van der Waals surface area contributed by atoms with Crippen LogP contribution in [0.2, 0.25) is 4.47 Å². The van der Waals surface area contributed by atoms with Gasteiger partial charge in [0.25, 0.3) is 0 Å². The van der Waals surface area contributed by atoms with E-state index >= 15 is 0 Å². The Kier molecular flexibility index (Phi) is 5.42. The highest BCUT2D eigenvalue weighted by atomic mass is 35.5. The van der Waals surface area contributed by atoms with Crippen molar-refractivity contribution in [3.63, 3.8) is 0 Å². The average molecular weight is 289 g/mol. The first-order valence-corrected chi connectivity index (χ1v) is 7.87. The van der Waals surface area contributed by atoms with Gasteiger partial charge in [-0.15, -0.1) is 11.3 Å². The zero-order chi connectivity index (χ0) is 13.0. The van der Waals surface area contributed by atoms with Crippen molar-refractivity contribution in [3.8, 4) is 0 Å². The van der Waals surface area contributed by atoms with Crippen molar-refractivity contribution >= 4 is 22.9 Å². The van der Waals surface area contributed by atoms with E-state index in [1.165, 1.54) is 48.3 Å².